The maximum absolute atomic E-state index is 12.5. The summed E-state index contributed by atoms with van der Waals surface area (Å²) < 4.78 is 66.7. The number of ether oxygens (including phenoxy) is 1. The van der Waals surface area contributed by atoms with Gasteiger partial charge in [-0.25, -0.2) is 8.42 Å². The van der Waals surface area contributed by atoms with Gasteiger partial charge in [-0.2, -0.15) is 4.31 Å². The lowest BCUT2D eigenvalue weighted by molar-refractivity contribution is -0.274. The fourth-order valence-corrected chi connectivity index (χ4v) is 3.96. The van der Waals surface area contributed by atoms with E-state index in [1.807, 2.05) is 6.92 Å². The van der Waals surface area contributed by atoms with Crippen molar-refractivity contribution in [2.24, 2.45) is 11.1 Å². The lowest BCUT2D eigenvalue weighted by atomic mass is 9.90. The van der Waals surface area contributed by atoms with Gasteiger partial charge in [0.15, 0.2) is 0 Å². The second-order valence-electron chi connectivity index (χ2n) is 5.63. The van der Waals surface area contributed by atoms with Crippen molar-refractivity contribution in [2.45, 2.75) is 24.6 Å². The van der Waals surface area contributed by atoms with Gasteiger partial charge in [0.2, 0.25) is 10.0 Å². The largest absolute Gasteiger partial charge is 0.573 e. The summed E-state index contributed by atoms with van der Waals surface area (Å²) in [6.45, 7) is 2.76. The Balaban J connectivity index is 2.25. The summed E-state index contributed by atoms with van der Waals surface area (Å²) >= 11 is 0. The Kier molecular flexibility index (Phi) is 4.42. The molecular formula is C13H17F3N2O3S. The number of benzene rings is 1. The third-order valence-electron chi connectivity index (χ3n) is 3.69. The predicted molar refractivity (Wildman–Crippen MR) is 73.7 cm³/mol. The molecule has 1 aromatic rings. The molecule has 1 unspecified atom stereocenters. The van der Waals surface area contributed by atoms with Crippen molar-refractivity contribution < 1.29 is 26.3 Å². The molecule has 124 valence electrons. The summed E-state index contributed by atoms with van der Waals surface area (Å²) in [7, 11) is -3.87. The van der Waals surface area contributed by atoms with Crippen LogP contribution in [0.1, 0.15) is 13.3 Å². The molecule has 1 aromatic carbocycles. The zero-order valence-electron chi connectivity index (χ0n) is 11.9. The maximum Gasteiger partial charge on any atom is 0.573 e. The molecule has 2 N–H and O–H groups in total. The van der Waals surface area contributed by atoms with Crippen LogP contribution in [0.15, 0.2) is 29.2 Å². The van der Waals surface area contributed by atoms with Crippen LogP contribution in [0.3, 0.4) is 0 Å². The van der Waals surface area contributed by atoms with E-state index in [4.69, 9.17) is 5.73 Å². The quantitative estimate of drug-likeness (QED) is 0.911. The normalized spacial score (nSPS) is 23.7. The Bertz CT molecular complexity index is 648. The van der Waals surface area contributed by atoms with Gasteiger partial charge in [0.05, 0.1) is 4.90 Å². The van der Waals surface area contributed by atoms with Crippen LogP contribution >= 0.6 is 0 Å². The lowest BCUT2D eigenvalue weighted by Gasteiger charge is -2.22. The Morgan fingerprint density at radius 2 is 2.09 bits per heavy atom. The van der Waals surface area contributed by atoms with Gasteiger partial charge >= 0.3 is 6.36 Å². The van der Waals surface area contributed by atoms with Crippen LogP contribution in [0.25, 0.3) is 0 Å². The van der Waals surface area contributed by atoms with E-state index >= 15 is 0 Å². The molecule has 0 aliphatic carbocycles. The molecule has 0 amide bonds. The highest BCUT2D eigenvalue weighted by molar-refractivity contribution is 7.89. The molecule has 22 heavy (non-hydrogen) atoms. The van der Waals surface area contributed by atoms with Crippen LogP contribution in [0, 0.1) is 5.41 Å². The van der Waals surface area contributed by atoms with Gasteiger partial charge in [-0.05, 0) is 30.5 Å². The highest BCUT2D eigenvalue weighted by Gasteiger charge is 2.39. The molecule has 0 spiro atoms. The van der Waals surface area contributed by atoms with E-state index in [0.29, 0.717) is 19.5 Å². The van der Waals surface area contributed by atoms with Gasteiger partial charge in [0.25, 0.3) is 0 Å². The second-order valence-corrected chi connectivity index (χ2v) is 7.56. The topological polar surface area (TPSA) is 72.6 Å². The molecule has 1 heterocycles. The van der Waals surface area contributed by atoms with Gasteiger partial charge in [-0.15, -0.1) is 13.2 Å². The molecule has 0 bridgehead atoms. The molecule has 0 saturated carbocycles. The van der Waals surface area contributed by atoms with Crippen molar-refractivity contribution in [1.29, 1.82) is 0 Å². The van der Waals surface area contributed by atoms with E-state index in [1.54, 1.807) is 0 Å². The van der Waals surface area contributed by atoms with Gasteiger partial charge in [0.1, 0.15) is 5.75 Å². The fourth-order valence-electron chi connectivity index (χ4n) is 2.33. The fraction of sp³-hybridized carbons (Fsp3) is 0.538. The Labute approximate surface area is 126 Å². The number of rotatable bonds is 4. The summed E-state index contributed by atoms with van der Waals surface area (Å²) in [5, 5.41) is 0. The number of sulfonamides is 1. The van der Waals surface area contributed by atoms with Crippen LogP contribution in [0.2, 0.25) is 0 Å². The average molecular weight is 338 g/mol. The average Bonchev–Trinajstić information content (AvgIpc) is 2.81. The van der Waals surface area contributed by atoms with E-state index in [0.717, 1.165) is 12.1 Å². The number of alkyl halides is 3. The van der Waals surface area contributed by atoms with E-state index in [-0.39, 0.29) is 16.9 Å². The summed E-state index contributed by atoms with van der Waals surface area (Å²) in [4.78, 5) is -0.226. The van der Waals surface area contributed by atoms with Crippen LogP contribution in [0.4, 0.5) is 13.2 Å². The number of halogens is 3. The molecule has 1 atom stereocenters. The minimum Gasteiger partial charge on any atom is -0.406 e. The Morgan fingerprint density at radius 1 is 1.41 bits per heavy atom. The lowest BCUT2D eigenvalue weighted by Crippen LogP contribution is -2.34. The third-order valence-corrected chi connectivity index (χ3v) is 5.53. The number of hydrogen-bond acceptors (Lipinski definition) is 4. The third kappa shape index (κ3) is 3.71. The maximum atomic E-state index is 12.5. The first-order chi connectivity index (χ1) is 10.1. The molecule has 5 nitrogen and oxygen atoms in total. The van der Waals surface area contributed by atoms with Crippen molar-refractivity contribution in [3.63, 3.8) is 0 Å². The standard InChI is InChI=1S/C13H17F3N2O3S/c1-12(8-17)5-6-18(9-12)22(19,20)11-4-2-3-10(7-11)21-13(14,15)16/h2-4,7H,5-6,8-9,17H2,1H3. The first-order valence-corrected chi connectivity index (χ1v) is 8.06. The molecule has 0 radical (unpaired) electrons. The summed E-state index contributed by atoms with van der Waals surface area (Å²) in [5.41, 5.74) is 5.33. The van der Waals surface area contributed by atoms with Gasteiger partial charge in [-0.3, -0.25) is 0 Å². The minimum atomic E-state index is -4.87. The van der Waals surface area contributed by atoms with E-state index in [2.05, 4.69) is 4.74 Å². The molecule has 1 aliphatic heterocycles. The van der Waals surface area contributed by atoms with Gasteiger partial charge in [0, 0.05) is 19.2 Å². The van der Waals surface area contributed by atoms with Crippen LogP contribution in [-0.4, -0.2) is 38.7 Å². The van der Waals surface area contributed by atoms with Crippen molar-refractivity contribution in [1.82, 2.24) is 4.31 Å². The molecule has 2 rings (SSSR count). The van der Waals surface area contributed by atoms with Crippen LogP contribution in [0.5, 0.6) is 5.75 Å². The molecule has 1 saturated heterocycles. The SMILES string of the molecule is CC1(CN)CCN(S(=O)(=O)c2cccc(OC(F)(F)F)c2)C1. The van der Waals surface area contributed by atoms with Crippen molar-refractivity contribution >= 4 is 10.0 Å². The highest BCUT2D eigenvalue weighted by atomic mass is 32.2. The second kappa shape index (κ2) is 5.71. The first kappa shape index (κ1) is 17.0. The zero-order valence-corrected chi connectivity index (χ0v) is 12.7. The van der Waals surface area contributed by atoms with Crippen LogP contribution in [-0.2, 0) is 10.0 Å². The summed E-state index contributed by atoms with van der Waals surface area (Å²) in [6, 6.07) is 4.39. The highest BCUT2D eigenvalue weighted by Crippen LogP contribution is 2.33. The van der Waals surface area contributed by atoms with Crippen molar-refractivity contribution in [3.05, 3.63) is 24.3 Å². The van der Waals surface area contributed by atoms with Gasteiger partial charge < -0.3 is 10.5 Å². The van der Waals surface area contributed by atoms with E-state index in [1.165, 1.54) is 16.4 Å². The molecule has 1 aliphatic rings. The Hall–Kier alpha value is -1.32. The van der Waals surface area contributed by atoms with Crippen LogP contribution < -0.4 is 10.5 Å². The monoisotopic (exact) mass is 338 g/mol. The number of nitrogens with two attached hydrogens (primary N) is 1. The smallest absolute Gasteiger partial charge is 0.406 e. The number of nitrogens with zero attached hydrogens (tertiary/aromatic N) is 1. The van der Waals surface area contributed by atoms with Crippen molar-refractivity contribution in [3.8, 4) is 5.75 Å². The summed E-state index contributed by atoms with van der Waals surface area (Å²) in [5.74, 6) is -0.561. The predicted octanol–water partition coefficient (Wildman–Crippen LogP) is 1.94. The van der Waals surface area contributed by atoms with Crippen molar-refractivity contribution in [2.75, 3.05) is 19.6 Å². The first-order valence-electron chi connectivity index (χ1n) is 6.62. The van der Waals surface area contributed by atoms with E-state index < -0.39 is 22.1 Å². The molecule has 1 fully saturated rings. The zero-order chi connectivity index (χ0) is 16.6. The molecular weight excluding hydrogens is 321 g/mol. The molecule has 0 aromatic heterocycles. The summed E-state index contributed by atoms with van der Waals surface area (Å²) in [6.07, 6.45) is -4.25. The van der Waals surface area contributed by atoms with Gasteiger partial charge in [-0.1, -0.05) is 13.0 Å². The Morgan fingerprint density at radius 3 is 2.64 bits per heavy atom. The van der Waals surface area contributed by atoms with E-state index in [9.17, 15) is 21.6 Å². The molecule has 9 heteroatoms. The number of hydrogen-bond donors (Lipinski definition) is 1. The minimum absolute atomic E-state index is 0.226.